The molecule has 0 fully saturated rings. The van der Waals surface area contributed by atoms with E-state index < -0.39 is 5.97 Å². The molecule has 0 saturated heterocycles. The third-order valence-corrected chi connectivity index (χ3v) is 2.92. The third-order valence-electron chi connectivity index (χ3n) is 2.92. The van der Waals surface area contributed by atoms with Crippen molar-refractivity contribution in [2.75, 3.05) is 10.5 Å². The van der Waals surface area contributed by atoms with Crippen molar-refractivity contribution < 1.29 is 30.4 Å². The highest BCUT2D eigenvalue weighted by molar-refractivity contribution is 5.76. The Labute approximate surface area is 115 Å². The van der Waals surface area contributed by atoms with Gasteiger partial charge in [-0.1, -0.05) is 13.8 Å². The van der Waals surface area contributed by atoms with Crippen LogP contribution in [-0.4, -0.2) is 26.8 Å². The highest BCUT2D eigenvalue weighted by Crippen LogP contribution is 2.40. The van der Waals surface area contributed by atoms with E-state index in [0.717, 1.165) is 6.07 Å². The Balaban J connectivity index is 3.52. The Hall–Kier alpha value is -1.87. The van der Waals surface area contributed by atoms with Gasteiger partial charge in [0.15, 0.2) is 5.75 Å². The fraction of sp³-hybridized carbons (Fsp3) is 0.417. The summed E-state index contributed by atoms with van der Waals surface area (Å²) in [6.07, 6.45) is 0.672. The molecule has 1 unspecified atom stereocenters. The topological polar surface area (TPSA) is 114 Å². The number of benzene rings is 1. The molecule has 0 bridgehead atoms. The van der Waals surface area contributed by atoms with Crippen LogP contribution >= 0.6 is 0 Å². The molecule has 1 atom stereocenters. The van der Waals surface area contributed by atoms with Gasteiger partial charge in [0.05, 0.1) is 5.69 Å². The summed E-state index contributed by atoms with van der Waals surface area (Å²) in [5.74, 6) is -0.777. The maximum absolute atomic E-state index is 11.2. The Bertz CT molecular complexity index is 489. The van der Waals surface area contributed by atoms with Crippen LogP contribution in [0, 0.1) is 0 Å². The quantitative estimate of drug-likeness (QED) is 0.370. The van der Waals surface area contributed by atoms with E-state index in [1.54, 1.807) is 0 Å². The van der Waals surface area contributed by atoms with Gasteiger partial charge in [-0.2, -0.15) is 0 Å². The summed E-state index contributed by atoms with van der Waals surface area (Å²) in [7, 11) is 0. The van der Waals surface area contributed by atoms with Gasteiger partial charge in [-0.15, -0.1) is 10.5 Å². The van der Waals surface area contributed by atoms with Gasteiger partial charge in [-0.3, -0.25) is 25.6 Å². The zero-order valence-corrected chi connectivity index (χ0v) is 11.4. The highest BCUT2D eigenvalue weighted by atomic mass is 16.8. The highest BCUT2D eigenvalue weighted by Gasteiger charge is 2.22. The summed E-state index contributed by atoms with van der Waals surface area (Å²) in [5.41, 5.74) is 0.0665. The van der Waals surface area contributed by atoms with E-state index in [4.69, 9.17) is 15.2 Å². The number of nitrogens with zero attached hydrogens (tertiary/aromatic N) is 2. The largest absolute Gasteiger partial charge is 0.424 e. The summed E-state index contributed by atoms with van der Waals surface area (Å²) in [6.45, 7) is 4.90. The Morgan fingerprint density at radius 1 is 1.25 bits per heavy atom. The second-order valence-electron chi connectivity index (χ2n) is 4.37. The van der Waals surface area contributed by atoms with Crippen LogP contribution in [-0.2, 0) is 4.79 Å². The molecule has 4 N–H and O–H groups in total. The number of hydrogen-bond acceptors (Lipinski definition) is 8. The van der Waals surface area contributed by atoms with Crippen LogP contribution in [0.4, 0.5) is 11.4 Å². The zero-order chi connectivity index (χ0) is 15.4. The van der Waals surface area contributed by atoms with Gasteiger partial charge < -0.3 is 4.74 Å². The second kappa shape index (κ2) is 6.53. The first-order valence-electron chi connectivity index (χ1n) is 6.00. The molecule has 0 amide bonds. The van der Waals surface area contributed by atoms with E-state index >= 15 is 0 Å². The lowest BCUT2D eigenvalue weighted by Crippen LogP contribution is -2.18. The van der Waals surface area contributed by atoms with Crippen LogP contribution in [0.2, 0.25) is 0 Å². The number of carbonyl (C=O) groups is 1. The first kappa shape index (κ1) is 16.2. The van der Waals surface area contributed by atoms with Crippen LogP contribution < -0.4 is 15.2 Å². The van der Waals surface area contributed by atoms with Crippen molar-refractivity contribution in [3.63, 3.8) is 0 Å². The number of hydrogen-bond donors (Lipinski definition) is 4. The van der Waals surface area contributed by atoms with Crippen molar-refractivity contribution >= 4 is 17.3 Å². The SMILES string of the molecule is CCC(C)c1cc(N(O)O)cc(N(O)O)c1OC(C)=O. The zero-order valence-electron chi connectivity index (χ0n) is 11.4. The van der Waals surface area contributed by atoms with Gasteiger partial charge in [0.25, 0.3) is 0 Å². The first-order chi connectivity index (χ1) is 9.27. The molecule has 8 heteroatoms. The molecule has 0 spiro atoms. The van der Waals surface area contributed by atoms with Crippen molar-refractivity contribution in [3.8, 4) is 5.75 Å². The minimum atomic E-state index is -0.629. The van der Waals surface area contributed by atoms with Crippen molar-refractivity contribution in [2.45, 2.75) is 33.1 Å². The molecular formula is C12H18N2O6. The minimum absolute atomic E-state index is 0.0394. The molecule has 0 saturated carbocycles. The number of carbonyl (C=O) groups excluding carboxylic acids is 1. The fourth-order valence-electron chi connectivity index (χ4n) is 1.72. The van der Waals surface area contributed by atoms with E-state index in [-0.39, 0.29) is 33.5 Å². The van der Waals surface area contributed by atoms with Crippen LogP contribution in [0.1, 0.15) is 38.7 Å². The van der Waals surface area contributed by atoms with Crippen LogP contribution in [0.5, 0.6) is 5.75 Å². The van der Waals surface area contributed by atoms with E-state index in [0.29, 0.717) is 12.0 Å². The maximum atomic E-state index is 11.2. The monoisotopic (exact) mass is 286 g/mol. The van der Waals surface area contributed by atoms with E-state index in [1.165, 1.54) is 13.0 Å². The molecule has 1 aromatic rings. The van der Waals surface area contributed by atoms with Crippen LogP contribution in [0.25, 0.3) is 0 Å². The molecule has 0 heterocycles. The van der Waals surface area contributed by atoms with E-state index in [1.807, 2.05) is 13.8 Å². The summed E-state index contributed by atoms with van der Waals surface area (Å²) in [4.78, 5) is 11.2. The Morgan fingerprint density at radius 3 is 2.25 bits per heavy atom. The summed E-state index contributed by atoms with van der Waals surface area (Å²) < 4.78 is 5.01. The smallest absolute Gasteiger partial charge is 0.308 e. The lowest BCUT2D eigenvalue weighted by Gasteiger charge is -2.22. The molecule has 112 valence electrons. The predicted octanol–water partition coefficient (Wildman–Crippen LogP) is 2.29. The fourth-order valence-corrected chi connectivity index (χ4v) is 1.72. The van der Waals surface area contributed by atoms with Gasteiger partial charge in [0, 0.05) is 12.5 Å². The van der Waals surface area contributed by atoms with E-state index in [2.05, 4.69) is 0 Å². The van der Waals surface area contributed by atoms with Gasteiger partial charge in [-0.25, -0.2) is 0 Å². The number of anilines is 2. The minimum Gasteiger partial charge on any atom is -0.424 e. The van der Waals surface area contributed by atoms with Crippen molar-refractivity contribution in [1.82, 2.24) is 0 Å². The molecule has 8 nitrogen and oxygen atoms in total. The molecule has 1 rings (SSSR count). The van der Waals surface area contributed by atoms with Crippen LogP contribution in [0.15, 0.2) is 12.1 Å². The van der Waals surface area contributed by atoms with Gasteiger partial charge in [-0.05, 0) is 24.5 Å². The predicted molar refractivity (Wildman–Crippen MR) is 68.6 cm³/mol. The number of ether oxygens (including phenoxy) is 1. The van der Waals surface area contributed by atoms with Gasteiger partial charge in [0.1, 0.15) is 5.69 Å². The van der Waals surface area contributed by atoms with Crippen molar-refractivity contribution in [3.05, 3.63) is 17.7 Å². The Morgan fingerprint density at radius 2 is 1.85 bits per heavy atom. The summed E-state index contributed by atoms with van der Waals surface area (Å²) >= 11 is 0. The standard InChI is InChI=1S/C12H18N2O6/c1-4-7(2)10-5-9(13(16)17)6-11(14(18)19)12(10)20-8(3)15/h5-7,16-19H,4H2,1-3H3. The molecule has 1 aromatic carbocycles. The number of esters is 1. The van der Waals surface area contributed by atoms with E-state index in [9.17, 15) is 15.2 Å². The normalized spacial score (nSPS) is 11.9. The average Bonchev–Trinajstić information content (AvgIpc) is 2.36. The molecule has 0 aliphatic heterocycles. The van der Waals surface area contributed by atoms with Crippen molar-refractivity contribution in [1.29, 1.82) is 0 Å². The Kier molecular flexibility index (Phi) is 5.28. The lowest BCUT2D eigenvalue weighted by atomic mass is 9.96. The van der Waals surface area contributed by atoms with Crippen LogP contribution in [0.3, 0.4) is 0 Å². The lowest BCUT2D eigenvalue weighted by molar-refractivity contribution is -0.132. The van der Waals surface area contributed by atoms with Gasteiger partial charge in [0.2, 0.25) is 0 Å². The first-order valence-corrected chi connectivity index (χ1v) is 6.00. The van der Waals surface area contributed by atoms with Crippen molar-refractivity contribution in [2.24, 2.45) is 0 Å². The maximum Gasteiger partial charge on any atom is 0.308 e. The molecular weight excluding hydrogens is 268 g/mol. The molecule has 20 heavy (non-hydrogen) atoms. The average molecular weight is 286 g/mol. The van der Waals surface area contributed by atoms with Gasteiger partial charge >= 0.3 is 5.97 Å². The molecule has 0 radical (unpaired) electrons. The number of rotatable bonds is 5. The molecule has 0 aliphatic rings. The second-order valence-corrected chi connectivity index (χ2v) is 4.37. The summed E-state index contributed by atoms with van der Waals surface area (Å²) in [5, 5.41) is 36.2. The summed E-state index contributed by atoms with van der Waals surface area (Å²) in [6, 6.07) is 2.43. The third kappa shape index (κ3) is 3.58. The molecule has 0 aromatic heterocycles. The molecule has 0 aliphatic carbocycles.